The van der Waals surface area contributed by atoms with E-state index in [4.69, 9.17) is 5.73 Å². The minimum absolute atomic E-state index is 0.0477. The number of aryl methyl sites for hydroxylation is 4. The van der Waals surface area contributed by atoms with Crippen molar-refractivity contribution in [3.8, 4) is 0 Å². The van der Waals surface area contributed by atoms with Crippen molar-refractivity contribution in [3.63, 3.8) is 0 Å². The normalized spacial score (nSPS) is 13.2. The molecule has 5 aromatic rings. The summed E-state index contributed by atoms with van der Waals surface area (Å²) in [6, 6.07) is 18.5. The number of nitrogens with one attached hydrogen (secondary N) is 6. The summed E-state index contributed by atoms with van der Waals surface area (Å²) in [5, 5.41) is 40.4. The molecule has 0 bridgehead atoms. The quantitative estimate of drug-likeness (QED) is 0.0172. The number of halogens is 1. The van der Waals surface area contributed by atoms with Crippen LogP contribution in [0.15, 0.2) is 96.0 Å². The highest BCUT2D eigenvalue weighted by atomic mass is 32.2. The van der Waals surface area contributed by atoms with Crippen molar-refractivity contribution in [3.05, 3.63) is 136 Å². The van der Waals surface area contributed by atoms with Gasteiger partial charge < -0.3 is 47.3 Å². The standard InChI is InChI=1S/C71H90FN7O17S/c1-5-14-46-21-25-56(26-22-46)97(95,96)79-60(40-65(88)89)62(83)39-50(24-28-64(86)87)69(92)77-42-55(81)36-51(33-47-15-13-17-53(72)34-47)70(93)78-59(37-52-41-76-58-20-9-8-19-57(52)58)61(82)38-49(23-27-63(84)85)68(91)74-29-11-6-7-18-54(80)35-48(67(73)90)16-10-12-30-75-71(94)66-44(3)31-43(2)32-45(66)4/h8-9,13,15,17,19-22,25-26,31-32,34,41,48-51,59-60,76,79H,5-7,10-12,14,16,18,23-24,27-30,33,35-40,42H2,1-4H3,(H2,73,90)(H,74,91)(H,75,94)(H,77,92)(H,78,93)(H,84,85)(H,86,87)(H,88,89)/t48-,49-,50-,51-,59+,60-/m1/s1. The Kier molecular flexibility index (Phi) is 31.6. The van der Waals surface area contributed by atoms with Crippen LogP contribution < -0.4 is 31.7 Å². The highest BCUT2D eigenvalue weighted by molar-refractivity contribution is 7.89. The number of carbonyl (C=O) groups is 12. The van der Waals surface area contributed by atoms with Crippen LogP contribution in [-0.4, -0.2) is 131 Å². The number of aromatic amines is 1. The van der Waals surface area contributed by atoms with E-state index in [2.05, 4.69) is 31.0 Å². The molecule has 5 rings (SSSR count). The van der Waals surface area contributed by atoms with Crippen LogP contribution in [0.5, 0.6) is 0 Å². The van der Waals surface area contributed by atoms with E-state index in [0.29, 0.717) is 73.5 Å². The summed E-state index contributed by atoms with van der Waals surface area (Å²) in [5.74, 6) is -15.7. The number of carboxylic acids is 3. The molecule has 0 unspecified atom stereocenters. The molecule has 0 aliphatic carbocycles. The lowest BCUT2D eigenvalue weighted by atomic mass is 9.89. The molecule has 11 N–H and O–H groups in total. The largest absolute Gasteiger partial charge is 0.481 e. The molecule has 0 saturated heterocycles. The Labute approximate surface area is 563 Å². The van der Waals surface area contributed by atoms with Gasteiger partial charge >= 0.3 is 17.9 Å². The maximum absolute atomic E-state index is 14.7. The first-order chi connectivity index (χ1) is 46.0. The maximum Gasteiger partial charge on any atom is 0.305 e. The summed E-state index contributed by atoms with van der Waals surface area (Å²) in [6.07, 6.45) is 0.408. The van der Waals surface area contributed by atoms with Gasteiger partial charge in [0, 0.05) is 111 Å². The number of aromatic nitrogens is 1. The molecule has 0 fully saturated rings. The number of hydrogen-bond acceptors (Lipinski definition) is 14. The van der Waals surface area contributed by atoms with Gasteiger partial charge in [0.2, 0.25) is 33.7 Å². The summed E-state index contributed by atoms with van der Waals surface area (Å²) in [6.45, 7) is 7.31. The van der Waals surface area contributed by atoms with Gasteiger partial charge in [0.1, 0.15) is 11.6 Å². The van der Waals surface area contributed by atoms with Crippen molar-refractivity contribution in [2.45, 2.75) is 173 Å². The van der Waals surface area contributed by atoms with Gasteiger partial charge in [-0.25, -0.2) is 17.5 Å². The minimum atomic E-state index is -4.50. The second-order valence-electron chi connectivity index (χ2n) is 24.9. The number of primary amides is 1. The monoisotopic (exact) mass is 1360 g/mol. The van der Waals surface area contributed by atoms with Crippen LogP contribution in [0.25, 0.3) is 10.9 Å². The number of ketones is 4. The molecule has 5 amide bonds. The van der Waals surface area contributed by atoms with Crippen molar-refractivity contribution in [1.29, 1.82) is 0 Å². The molecule has 1 heterocycles. The first kappa shape index (κ1) is 78.4. The zero-order chi connectivity index (χ0) is 71.4. The number of amides is 5. The third kappa shape index (κ3) is 26.7. The van der Waals surface area contributed by atoms with Crippen LogP contribution in [0.4, 0.5) is 4.39 Å². The molecule has 0 saturated carbocycles. The molecular formula is C71H90FN7O17S. The van der Waals surface area contributed by atoms with Crippen LogP contribution in [-0.2, 0) is 82.0 Å². The van der Waals surface area contributed by atoms with E-state index in [9.17, 15) is 85.7 Å². The second-order valence-corrected chi connectivity index (χ2v) is 26.6. The van der Waals surface area contributed by atoms with Crippen LogP contribution in [0.2, 0.25) is 0 Å². The number of hydrogen-bond donors (Lipinski definition) is 10. The predicted molar refractivity (Wildman–Crippen MR) is 358 cm³/mol. The number of nitrogens with two attached hydrogens (primary N) is 1. The van der Waals surface area contributed by atoms with Gasteiger partial charge in [0.05, 0.1) is 29.9 Å². The lowest BCUT2D eigenvalue weighted by Gasteiger charge is -2.24. The first-order valence-electron chi connectivity index (χ1n) is 32.7. The van der Waals surface area contributed by atoms with Gasteiger partial charge in [-0.3, -0.25) is 57.5 Å². The predicted octanol–water partition coefficient (Wildman–Crippen LogP) is 7.19. The number of rotatable bonds is 46. The molecule has 4 aromatic carbocycles. The Bertz CT molecular complexity index is 3720. The fraction of sp³-hybridized carbons (Fsp3) is 0.465. The average molecular weight is 1360 g/mol. The number of H-pyrrole nitrogens is 1. The van der Waals surface area contributed by atoms with E-state index < -0.39 is 162 Å². The Morgan fingerprint density at radius 3 is 1.79 bits per heavy atom. The lowest BCUT2D eigenvalue weighted by molar-refractivity contribution is -0.140. The molecule has 0 aliphatic heterocycles. The van der Waals surface area contributed by atoms with Gasteiger partial charge in [0.15, 0.2) is 17.3 Å². The van der Waals surface area contributed by atoms with Crippen molar-refractivity contribution in [1.82, 2.24) is 31.0 Å². The van der Waals surface area contributed by atoms with Crippen LogP contribution >= 0.6 is 0 Å². The number of carboxylic acid groups (broad SMARTS) is 3. The molecule has 97 heavy (non-hydrogen) atoms. The van der Waals surface area contributed by atoms with Crippen LogP contribution in [0, 0.1) is 50.3 Å². The lowest BCUT2D eigenvalue weighted by Crippen LogP contribution is -2.47. The topological polar surface area (TPSA) is 402 Å². The number of sulfonamides is 1. The molecule has 0 radical (unpaired) electrons. The van der Waals surface area contributed by atoms with Gasteiger partial charge in [0.25, 0.3) is 5.91 Å². The number of Topliss-reactive ketones (excluding diaryl/α,β-unsaturated/α-hetero) is 4. The van der Waals surface area contributed by atoms with Crippen LogP contribution in [0.3, 0.4) is 0 Å². The van der Waals surface area contributed by atoms with E-state index in [1.807, 2.05) is 39.8 Å². The molecule has 24 nitrogen and oxygen atoms in total. The number of para-hydroxylation sites is 1. The first-order valence-corrected chi connectivity index (χ1v) is 34.2. The molecule has 1 aromatic heterocycles. The highest BCUT2D eigenvalue weighted by Crippen LogP contribution is 2.25. The van der Waals surface area contributed by atoms with Gasteiger partial charge in [-0.2, -0.15) is 0 Å². The van der Waals surface area contributed by atoms with E-state index in [1.54, 1.807) is 42.6 Å². The molecule has 0 aliphatic rings. The van der Waals surface area contributed by atoms with Crippen LogP contribution in [0.1, 0.15) is 160 Å². The SMILES string of the molecule is CCCc1ccc(S(=O)(=O)N[C@H](CC(=O)O)C(=O)C[C@@H](CCC(=O)O)C(=O)NCC(=O)C[C@@H](Cc2cccc(F)c2)C(=O)N[C@@H](Cc2c[nH]c3ccccc23)C(=O)C[C@@H](CCC(=O)O)C(=O)NCCCCCC(=O)C[C@@H](CCCCNC(=O)c2c(C)cc(C)cc2C)C(N)=O)cc1. The third-order valence-electron chi connectivity index (χ3n) is 16.8. The summed E-state index contributed by atoms with van der Waals surface area (Å²) in [4.78, 5) is 161. The second kappa shape index (κ2) is 39.0. The minimum Gasteiger partial charge on any atom is -0.481 e. The molecular weight excluding hydrogens is 1270 g/mol. The van der Waals surface area contributed by atoms with E-state index in [1.165, 1.54) is 24.3 Å². The van der Waals surface area contributed by atoms with Gasteiger partial charge in [-0.1, -0.05) is 86.3 Å². The molecule has 524 valence electrons. The van der Waals surface area contributed by atoms with Crippen molar-refractivity contribution >= 4 is 91.5 Å². The number of fused-ring (bicyclic) bond motifs is 1. The summed E-state index contributed by atoms with van der Waals surface area (Å²) >= 11 is 0. The Hall–Kier alpha value is -9.30. The van der Waals surface area contributed by atoms with Crippen molar-refractivity contribution < 1.29 is 85.7 Å². The average Bonchev–Trinajstić information content (AvgIpc) is 1.81. The summed E-state index contributed by atoms with van der Waals surface area (Å²) < 4.78 is 43.6. The van der Waals surface area contributed by atoms with Crippen molar-refractivity contribution in [2.75, 3.05) is 19.6 Å². The highest BCUT2D eigenvalue weighted by Gasteiger charge is 2.35. The van der Waals surface area contributed by atoms with Gasteiger partial charge in [-0.15, -0.1) is 0 Å². The Morgan fingerprint density at radius 1 is 0.567 bits per heavy atom. The number of unbranched alkanes of at least 4 members (excludes halogenated alkanes) is 3. The zero-order valence-corrected chi connectivity index (χ0v) is 56.1. The maximum atomic E-state index is 14.7. The zero-order valence-electron chi connectivity index (χ0n) is 55.3. The van der Waals surface area contributed by atoms with E-state index >= 15 is 0 Å². The molecule has 0 spiro atoms. The van der Waals surface area contributed by atoms with Gasteiger partial charge in [-0.05, 0) is 130 Å². The summed E-state index contributed by atoms with van der Waals surface area (Å²) in [5.41, 5.74) is 11.4. The third-order valence-corrected chi connectivity index (χ3v) is 18.3. The van der Waals surface area contributed by atoms with E-state index in [0.717, 1.165) is 40.8 Å². The number of aliphatic carboxylic acids is 3. The van der Waals surface area contributed by atoms with Crippen molar-refractivity contribution in [2.24, 2.45) is 29.4 Å². The Morgan fingerprint density at radius 2 is 1.18 bits per heavy atom. The number of benzene rings is 4. The van der Waals surface area contributed by atoms with E-state index in [-0.39, 0.29) is 60.8 Å². The fourth-order valence-electron chi connectivity index (χ4n) is 11.8. The molecule has 26 heteroatoms. The smallest absolute Gasteiger partial charge is 0.305 e. The molecule has 6 atom stereocenters. The fourth-order valence-corrected chi connectivity index (χ4v) is 13.0. The Balaban J connectivity index is 1.24. The number of carbonyl (C=O) groups excluding carboxylic acids is 9. The summed E-state index contributed by atoms with van der Waals surface area (Å²) in [7, 11) is -4.50.